The van der Waals surface area contributed by atoms with Gasteiger partial charge in [-0.1, -0.05) is 102 Å². The molecule has 3 saturated heterocycles. The van der Waals surface area contributed by atoms with E-state index in [9.17, 15) is 24.3 Å². The van der Waals surface area contributed by atoms with E-state index in [0.717, 1.165) is 18.4 Å². The summed E-state index contributed by atoms with van der Waals surface area (Å²) < 4.78 is 12.9. The zero-order valence-electron chi connectivity index (χ0n) is 28.5. The molecule has 2 bridgehead atoms. The van der Waals surface area contributed by atoms with Crippen LogP contribution in [0.25, 0.3) is 0 Å². The molecule has 0 saturated carbocycles. The van der Waals surface area contributed by atoms with Crippen LogP contribution in [0, 0.1) is 11.8 Å². The molecule has 0 radical (unpaired) electrons. The quantitative estimate of drug-likeness (QED) is 0.0909. The smallest absolute Gasteiger partial charge is 0.313 e. The molecule has 0 aromatic heterocycles. The molecule has 2 N–H and O–H groups in total. The second-order valence-electron chi connectivity index (χ2n) is 13.3. The highest BCUT2D eigenvalue weighted by Gasteiger charge is 2.77. The molecule has 50 heavy (non-hydrogen) atoms. The van der Waals surface area contributed by atoms with Gasteiger partial charge < -0.3 is 29.7 Å². The summed E-state index contributed by atoms with van der Waals surface area (Å²) in [4.78, 5) is 59.1. The SMILES string of the molecule is C=CCCC(=O)NC[C@H](OC(=O)[C@H]1[C@@H]2O[C@@]3(CC2Br)[C@@H]1C(=O)N(CCCCCCO)[C@@H]3C(=O)N(CC=C)Cc1ccccc1)c1ccccc1. The molecule has 7 atom stereocenters. The van der Waals surface area contributed by atoms with Crippen LogP contribution in [0.15, 0.2) is 86.0 Å². The number of likely N-dealkylation sites (tertiary alicyclic amines) is 1. The van der Waals surface area contributed by atoms with Gasteiger partial charge in [-0.15, -0.1) is 13.2 Å². The number of allylic oxidation sites excluding steroid dienone is 1. The summed E-state index contributed by atoms with van der Waals surface area (Å²) in [5.41, 5.74) is 0.408. The number of nitrogens with zero attached hydrogens (tertiary/aromatic N) is 2. The van der Waals surface area contributed by atoms with Crippen molar-refractivity contribution in [2.75, 3.05) is 26.2 Å². The van der Waals surface area contributed by atoms with Crippen LogP contribution >= 0.6 is 15.9 Å². The molecule has 3 aliphatic heterocycles. The lowest BCUT2D eigenvalue weighted by Gasteiger charge is -2.37. The Hall–Kier alpha value is -3.80. The maximum Gasteiger partial charge on any atom is 0.313 e. The number of unbranched alkanes of at least 4 members (excludes halogenated alkanes) is 3. The zero-order valence-corrected chi connectivity index (χ0v) is 30.0. The average molecular weight is 751 g/mol. The number of nitrogens with one attached hydrogen (secondary N) is 1. The van der Waals surface area contributed by atoms with Crippen molar-refractivity contribution in [2.24, 2.45) is 11.8 Å². The Bertz CT molecular complexity index is 1510. The summed E-state index contributed by atoms with van der Waals surface area (Å²) in [6.45, 7) is 8.63. The Morgan fingerprint density at radius 2 is 1.76 bits per heavy atom. The fourth-order valence-corrected chi connectivity index (χ4v) is 8.62. The van der Waals surface area contributed by atoms with Crippen molar-refractivity contribution in [3.8, 4) is 0 Å². The average Bonchev–Trinajstić information content (AvgIpc) is 3.72. The largest absolute Gasteiger partial charge is 0.455 e. The standard InChI is InChI=1S/C39H48BrN3O7/c1-3-5-20-31(45)41-25-30(28-18-12-9-13-19-28)49-38(48)32-33-36(46)43(22-14-6-7-15-23-44)35(39(33)24-29(40)34(32)50-39)37(47)42(21-4-2)26-27-16-10-8-11-17-27/h3-4,8-13,16-19,29-30,32-35,44H,1-2,5-7,14-15,20-26H2,(H,41,45)/t29?,30-,32+,33-,34+,35+,39-/m0/s1. The van der Waals surface area contributed by atoms with Gasteiger partial charge in [0.2, 0.25) is 17.7 Å². The minimum atomic E-state index is -1.24. The van der Waals surface area contributed by atoms with Crippen molar-refractivity contribution >= 4 is 39.6 Å². The van der Waals surface area contributed by atoms with E-state index < -0.39 is 41.7 Å². The van der Waals surface area contributed by atoms with Crippen molar-refractivity contribution in [1.29, 1.82) is 0 Å². The molecule has 3 aliphatic rings. The lowest BCUT2D eigenvalue weighted by atomic mass is 9.70. The number of hydrogen-bond donors (Lipinski definition) is 2. The number of benzene rings is 2. The third-order valence-corrected chi connectivity index (χ3v) is 10.8. The normalized spacial score (nSPS) is 25.5. The van der Waals surface area contributed by atoms with Crippen molar-refractivity contribution in [3.63, 3.8) is 0 Å². The van der Waals surface area contributed by atoms with Crippen LogP contribution in [0.3, 0.4) is 0 Å². The summed E-state index contributed by atoms with van der Waals surface area (Å²) in [6, 6.07) is 17.9. The number of amides is 3. The number of carbonyl (C=O) groups is 4. The Morgan fingerprint density at radius 3 is 2.44 bits per heavy atom. The van der Waals surface area contributed by atoms with Gasteiger partial charge in [0.15, 0.2) is 0 Å². The predicted molar refractivity (Wildman–Crippen MR) is 193 cm³/mol. The number of alkyl halides is 1. The van der Waals surface area contributed by atoms with Gasteiger partial charge >= 0.3 is 5.97 Å². The number of aliphatic hydroxyl groups is 1. The Morgan fingerprint density at radius 1 is 1.06 bits per heavy atom. The van der Waals surface area contributed by atoms with Crippen LogP contribution < -0.4 is 5.32 Å². The van der Waals surface area contributed by atoms with Gasteiger partial charge in [-0.05, 0) is 36.8 Å². The number of fused-ring (bicyclic) bond motifs is 1. The zero-order chi connectivity index (χ0) is 35.7. The fourth-order valence-electron chi connectivity index (χ4n) is 7.67. The molecule has 2 aromatic carbocycles. The first kappa shape index (κ1) is 37.5. The summed E-state index contributed by atoms with van der Waals surface area (Å²) in [6.07, 6.45) is 5.89. The van der Waals surface area contributed by atoms with Gasteiger partial charge in [-0.2, -0.15) is 0 Å². The number of hydrogen-bond acceptors (Lipinski definition) is 7. The third-order valence-electron chi connectivity index (χ3n) is 9.97. The van der Waals surface area contributed by atoms with Crippen LogP contribution in [0.2, 0.25) is 0 Å². The molecule has 268 valence electrons. The van der Waals surface area contributed by atoms with E-state index in [-0.39, 0.29) is 48.7 Å². The number of aliphatic hydroxyl groups excluding tert-OH is 1. The van der Waals surface area contributed by atoms with Gasteiger partial charge in [0.1, 0.15) is 17.7 Å². The second-order valence-corrected chi connectivity index (χ2v) is 14.5. The number of esters is 1. The number of halogens is 1. The van der Waals surface area contributed by atoms with Crippen LogP contribution in [0.5, 0.6) is 0 Å². The molecule has 0 aliphatic carbocycles. The molecule has 10 nitrogen and oxygen atoms in total. The number of rotatable bonds is 19. The van der Waals surface area contributed by atoms with Crippen molar-refractivity contribution in [1.82, 2.24) is 15.1 Å². The highest BCUT2D eigenvalue weighted by atomic mass is 79.9. The molecule has 2 aromatic rings. The van der Waals surface area contributed by atoms with E-state index in [2.05, 4.69) is 34.4 Å². The predicted octanol–water partition coefficient (Wildman–Crippen LogP) is 4.87. The molecule has 3 amide bonds. The van der Waals surface area contributed by atoms with Gasteiger partial charge in [0, 0.05) is 37.5 Å². The highest BCUT2D eigenvalue weighted by molar-refractivity contribution is 9.09. The van der Waals surface area contributed by atoms with E-state index in [4.69, 9.17) is 9.47 Å². The van der Waals surface area contributed by atoms with Crippen molar-refractivity contribution in [2.45, 2.75) is 80.2 Å². The second kappa shape index (κ2) is 17.4. The topological polar surface area (TPSA) is 125 Å². The summed E-state index contributed by atoms with van der Waals surface area (Å²) >= 11 is 3.75. The van der Waals surface area contributed by atoms with E-state index in [0.29, 0.717) is 44.3 Å². The first-order valence-electron chi connectivity index (χ1n) is 17.6. The highest BCUT2D eigenvalue weighted by Crippen LogP contribution is 2.60. The lowest BCUT2D eigenvalue weighted by molar-refractivity contribution is -0.160. The summed E-state index contributed by atoms with van der Waals surface area (Å²) in [5.74, 6) is -3.20. The number of ether oxygens (including phenoxy) is 2. The maximum atomic E-state index is 14.7. The third kappa shape index (κ3) is 8.05. The van der Waals surface area contributed by atoms with Crippen LogP contribution in [0.1, 0.15) is 62.2 Å². The number of carbonyl (C=O) groups excluding carboxylic acids is 4. The monoisotopic (exact) mass is 749 g/mol. The van der Waals surface area contributed by atoms with Gasteiger partial charge in [-0.3, -0.25) is 19.2 Å². The molecular formula is C39H48BrN3O7. The van der Waals surface area contributed by atoms with E-state index >= 15 is 0 Å². The Labute approximate surface area is 303 Å². The van der Waals surface area contributed by atoms with Crippen LogP contribution in [-0.2, 0) is 35.2 Å². The maximum absolute atomic E-state index is 14.7. The molecule has 5 rings (SSSR count). The lowest BCUT2D eigenvalue weighted by Crippen LogP contribution is -2.56. The van der Waals surface area contributed by atoms with E-state index in [1.807, 2.05) is 60.7 Å². The fraction of sp³-hybridized carbons (Fsp3) is 0.487. The first-order chi connectivity index (χ1) is 24.2. The van der Waals surface area contributed by atoms with E-state index in [1.54, 1.807) is 22.0 Å². The molecule has 11 heteroatoms. The summed E-state index contributed by atoms with van der Waals surface area (Å²) in [7, 11) is 0. The summed E-state index contributed by atoms with van der Waals surface area (Å²) in [5, 5.41) is 12.1. The molecule has 1 unspecified atom stereocenters. The van der Waals surface area contributed by atoms with Crippen molar-refractivity contribution in [3.05, 3.63) is 97.1 Å². The van der Waals surface area contributed by atoms with Gasteiger partial charge in [0.25, 0.3) is 0 Å². The van der Waals surface area contributed by atoms with E-state index in [1.165, 1.54) is 0 Å². The van der Waals surface area contributed by atoms with Crippen molar-refractivity contribution < 1.29 is 33.8 Å². The molecule has 3 heterocycles. The Balaban J connectivity index is 1.44. The molecular weight excluding hydrogens is 702 g/mol. The van der Waals surface area contributed by atoms with Crippen LogP contribution in [-0.4, -0.2) is 87.4 Å². The van der Waals surface area contributed by atoms with Gasteiger partial charge in [-0.25, -0.2) is 0 Å². The van der Waals surface area contributed by atoms with Gasteiger partial charge in [0.05, 0.1) is 24.5 Å². The molecule has 1 spiro atoms. The first-order valence-corrected chi connectivity index (χ1v) is 18.5. The minimum Gasteiger partial charge on any atom is -0.455 e. The van der Waals surface area contributed by atoms with Crippen LogP contribution in [0.4, 0.5) is 0 Å². The Kier molecular flexibility index (Phi) is 13.0. The molecule has 3 fully saturated rings. The minimum absolute atomic E-state index is 0.0581.